The third-order valence-electron chi connectivity index (χ3n) is 2.50. The maximum Gasteiger partial charge on any atom is 0.319 e. The Balaban J connectivity index is 2.61. The molecular formula is C13H21N3O3. The van der Waals surface area contributed by atoms with Gasteiger partial charge >= 0.3 is 6.03 Å². The predicted octanol–water partition coefficient (Wildman–Crippen LogP) is 1.39. The van der Waals surface area contributed by atoms with Gasteiger partial charge in [0.1, 0.15) is 11.5 Å². The molecule has 0 spiro atoms. The van der Waals surface area contributed by atoms with Crippen LogP contribution in [-0.2, 0) is 0 Å². The van der Waals surface area contributed by atoms with E-state index in [4.69, 9.17) is 9.47 Å². The first-order valence-corrected chi connectivity index (χ1v) is 5.98. The van der Waals surface area contributed by atoms with Crippen molar-refractivity contribution in [2.45, 2.75) is 0 Å². The second-order valence-electron chi connectivity index (χ2n) is 4.25. The van der Waals surface area contributed by atoms with Gasteiger partial charge in [-0.15, -0.1) is 0 Å². The standard InChI is InChI=1S/C13H21N3O3/c1-16(2)8-7-14-13(17)15-11-9-10(18-3)5-6-12(11)19-4/h5-6,9H,7-8H2,1-4H3,(H2,14,15,17). The summed E-state index contributed by atoms with van der Waals surface area (Å²) >= 11 is 0. The lowest BCUT2D eigenvalue weighted by molar-refractivity contribution is 0.250. The second-order valence-corrected chi connectivity index (χ2v) is 4.25. The molecule has 0 unspecified atom stereocenters. The summed E-state index contributed by atoms with van der Waals surface area (Å²) in [7, 11) is 7.02. The van der Waals surface area contributed by atoms with E-state index in [-0.39, 0.29) is 6.03 Å². The van der Waals surface area contributed by atoms with Crippen LogP contribution in [0.3, 0.4) is 0 Å². The van der Waals surface area contributed by atoms with Crippen molar-refractivity contribution in [2.24, 2.45) is 0 Å². The summed E-state index contributed by atoms with van der Waals surface area (Å²) in [4.78, 5) is 13.7. The minimum Gasteiger partial charge on any atom is -0.497 e. The molecule has 0 atom stereocenters. The van der Waals surface area contributed by atoms with Gasteiger partial charge in [-0.1, -0.05) is 0 Å². The Labute approximate surface area is 113 Å². The van der Waals surface area contributed by atoms with Crippen LogP contribution in [-0.4, -0.2) is 52.3 Å². The van der Waals surface area contributed by atoms with Gasteiger partial charge < -0.3 is 25.0 Å². The van der Waals surface area contributed by atoms with Crippen molar-refractivity contribution in [3.63, 3.8) is 0 Å². The molecule has 0 fully saturated rings. The number of likely N-dealkylation sites (N-methyl/N-ethyl adjacent to an activating group) is 1. The fraction of sp³-hybridized carbons (Fsp3) is 0.462. The fourth-order valence-electron chi connectivity index (χ4n) is 1.47. The summed E-state index contributed by atoms with van der Waals surface area (Å²) in [5.74, 6) is 1.24. The number of anilines is 1. The topological polar surface area (TPSA) is 62.8 Å². The molecule has 0 aliphatic rings. The van der Waals surface area contributed by atoms with Crippen LogP contribution in [0.1, 0.15) is 0 Å². The Kier molecular flexibility index (Phi) is 5.95. The van der Waals surface area contributed by atoms with Crippen LogP contribution in [0, 0.1) is 0 Å². The van der Waals surface area contributed by atoms with Crippen molar-refractivity contribution >= 4 is 11.7 Å². The van der Waals surface area contributed by atoms with Gasteiger partial charge in [-0.2, -0.15) is 0 Å². The average molecular weight is 267 g/mol. The van der Waals surface area contributed by atoms with Crippen LogP contribution in [0.15, 0.2) is 18.2 Å². The van der Waals surface area contributed by atoms with Gasteiger partial charge in [-0.3, -0.25) is 0 Å². The maximum atomic E-state index is 11.7. The van der Waals surface area contributed by atoms with Crippen LogP contribution in [0.5, 0.6) is 11.5 Å². The van der Waals surface area contributed by atoms with E-state index in [1.807, 2.05) is 19.0 Å². The highest BCUT2D eigenvalue weighted by Crippen LogP contribution is 2.28. The third kappa shape index (κ3) is 5.05. The first kappa shape index (κ1) is 15.1. The summed E-state index contributed by atoms with van der Waals surface area (Å²) in [6, 6.07) is 4.96. The summed E-state index contributed by atoms with van der Waals surface area (Å²) in [6.07, 6.45) is 0. The Hall–Kier alpha value is -1.95. The zero-order valence-corrected chi connectivity index (χ0v) is 11.8. The number of methoxy groups -OCH3 is 2. The number of urea groups is 1. The van der Waals surface area contributed by atoms with Gasteiger partial charge in [0, 0.05) is 19.2 Å². The summed E-state index contributed by atoms with van der Waals surface area (Å²) < 4.78 is 10.3. The summed E-state index contributed by atoms with van der Waals surface area (Å²) in [5.41, 5.74) is 0.573. The molecule has 1 aromatic rings. The molecule has 19 heavy (non-hydrogen) atoms. The van der Waals surface area contributed by atoms with Crippen molar-refractivity contribution in [1.29, 1.82) is 0 Å². The van der Waals surface area contributed by atoms with Crippen LogP contribution in [0.25, 0.3) is 0 Å². The number of nitrogens with zero attached hydrogens (tertiary/aromatic N) is 1. The van der Waals surface area contributed by atoms with Gasteiger partial charge in [0.25, 0.3) is 0 Å². The van der Waals surface area contributed by atoms with Gasteiger partial charge in [0.15, 0.2) is 0 Å². The maximum absolute atomic E-state index is 11.7. The number of hydrogen-bond acceptors (Lipinski definition) is 4. The number of carbonyl (C=O) groups is 1. The molecule has 0 saturated carbocycles. The van der Waals surface area contributed by atoms with E-state index >= 15 is 0 Å². The number of nitrogens with one attached hydrogen (secondary N) is 2. The molecule has 1 aromatic carbocycles. The third-order valence-corrected chi connectivity index (χ3v) is 2.50. The average Bonchev–Trinajstić information content (AvgIpc) is 2.38. The van der Waals surface area contributed by atoms with E-state index in [9.17, 15) is 4.79 Å². The van der Waals surface area contributed by atoms with Crippen molar-refractivity contribution < 1.29 is 14.3 Å². The SMILES string of the molecule is COc1ccc(OC)c(NC(=O)NCCN(C)C)c1. The highest BCUT2D eigenvalue weighted by molar-refractivity contribution is 5.91. The molecule has 106 valence electrons. The van der Waals surface area contributed by atoms with Gasteiger partial charge in [0.05, 0.1) is 19.9 Å². The van der Waals surface area contributed by atoms with Crippen molar-refractivity contribution in [2.75, 3.05) is 46.7 Å². The van der Waals surface area contributed by atoms with Crippen molar-refractivity contribution in [3.05, 3.63) is 18.2 Å². The number of rotatable bonds is 6. The minimum atomic E-state index is -0.270. The quantitative estimate of drug-likeness (QED) is 0.817. The van der Waals surface area contributed by atoms with Crippen molar-refractivity contribution in [3.8, 4) is 11.5 Å². The molecule has 1 rings (SSSR count). The molecule has 0 aliphatic carbocycles. The molecule has 2 N–H and O–H groups in total. The largest absolute Gasteiger partial charge is 0.497 e. The van der Waals surface area contributed by atoms with E-state index < -0.39 is 0 Å². The zero-order chi connectivity index (χ0) is 14.3. The molecule has 0 aromatic heterocycles. The zero-order valence-electron chi connectivity index (χ0n) is 11.8. The van der Waals surface area contributed by atoms with E-state index in [1.54, 1.807) is 32.4 Å². The number of amides is 2. The monoisotopic (exact) mass is 267 g/mol. The Bertz CT molecular complexity index is 422. The van der Waals surface area contributed by atoms with E-state index in [0.717, 1.165) is 6.54 Å². The molecule has 2 amide bonds. The number of carbonyl (C=O) groups excluding carboxylic acids is 1. The van der Waals surface area contributed by atoms with E-state index in [0.29, 0.717) is 23.7 Å². The van der Waals surface area contributed by atoms with Crippen LogP contribution >= 0.6 is 0 Å². The van der Waals surface area contributed by atoms with Crippen LogP contribution in [0.2, 0.25) is 0 Å². The smallest absolute Gasteiger partial charge is 0.319 e. The highest BCUT2D eigenvalue weighted by Gasteiger charge is 2.08. The lowest BCUT2D eigenvalue weighted by Crippen LogP contribution is -2.34. The molecule has 0 radical (unpaired) electrons. The van der Waals surface area contributed by atoms with Gasteiger partial charge in [-0.05, 0) is 26.2 Å². The van der Waals surface area contributed by atoms with Crippen molar-refractivity contribution in [1.82, 2.24) is 10.2 Å². The minimum absolute atomic E-state index is 0.270. The molecular weight excluding hydrogens is 246 g/mol. The van der Waals surface area contributed by atoms with Gasteiger partial charge in [-0.25, -0.2) is 4.79 Å². The number of hydrogen-bond donors (Lipinski definition) is 2. The number of benzene rings is 1. The first-order valence-electron chi connectivity index (χ1n) is 5.98. The predicted molar refractivity (Wildman–Crippen MR) is 75.1 cm³/mol. The fourth-order valence-corrected chi connectivity index (χ4v) is 1.47. The van der Waals surface area contributed by atoms with E-state index in [2.05, 4.69) is 10.6 Å². The first-order chi connectivity index (χ1) is 9.06. The molecule has 6 nitrogen and oxygen atoms in total. The lowest BCUT2D eigenvalue weighted by atomic mass is 10.2. The van der Waals surface area contributed by atoms with Crippen LogP contribution in [0.4, 0.5) is 10.5 Å². The Morgan fingerprint density at radius 3 is 2.58 bits per heavy atom. The van der Waals surface area contributed by atoms with E-state index in [1.165, 1.54) is 0 Å². The van der Waals surface area contributed by atoms with Gasteiger partial charge in [0.2, 0.25) is 0 Å². The summed E-state index contributed by atoms with van der Waals surface area (Å²) in [6.45, 7) is 1.35. The molecule has 0 aliphatic heterocycles. The molecule has 6 heteroatoms. The molecule has 0 saturated heterocycles. The lowest BCUT2D eigenvalue weighted by Gasteiger charge is -2.13. The normalized spacial score (nSPS) is 10.2. The molecule has 0 heterocycles. The Morgan fingerprint density at radius 2 is 2.00 bits per heavy atom. The second kappa shape index (κ2) is 7.48. The Morgan fingerprint density at radius 1 is 1.26 bits per heavy atom. The molecule has 0 bridgehead atoms. The summed E-state index contributed by atoms with van der Waals surface area (Å²) in [5, 5.41) is 5.50. The van der Waals surface area contributed by atoms with Crippen LogP contribution < -0.4 is 20.1 Å². The number of ether oxygens (including phenoxy) is 2. The highest BCUT2D eigenvalue weighted by atomic mass is 16.5.